The van der Waals surface area contributed by atoms with E-state index in [2.05, 4.69) is 10.3 Å². The molecule has 21 heavy (non-hydrogen) atoms. The maximum absolute atomic E-state index is 11.0. The fourth-order valence-corrected chi connectivity index (χ4v) is 3.12. The highest BCUT2D eigenvalue weighted by Crippen LogP contribution is 2.39. The number of nitrogens with zero attached hydrogens (tertiary/aromatic N) is 1. The number of carbonyl (C=O) groups is 1. The highest BCUT2D eigenvalue weighted by atomic mass is 35.5. The molecule has 1 heterocycles. The lowest BCUT2D eigenvalue weighted by Gasteiger charge is -2.08. The van der Waals surface area contributed by atoms with Gasteiger partial charge in [-0.15, -0.1) is 11.3 Å². The lowest BCUT2D eigenvalue weighted by atomic mass is 10.2. The van der Waals surface area contributed by atoms with Crippen LogP contribution in [0.25, 0.3) is 20.8 Å². The zero-order valence-corrected chi connectivity index (χ0v) is 12.2. The van der Waals surface area contributed by atoms with E-state index in [1.54, 1.807) is 12.1 Å². The Morgan fingerprint density at radius 2 is 2.10 bits per heavy atom. The molecule has 4 N–H and O–H groups in total. The molecule has 0 saturated heterocycles. The predicted molar refractivity (Wildman–Crippen MR) is 84.9 cm³/mol. The second kappa shape index (κ2) is 5.23. The van der Waals surface area contributed by atoms with E-state index in [1.807, 2.05) is 24.3 Å². The van der Waals surface area contributed by atoms with Crippen LogP contribution >= 0.6 is 22.9 Å². The lowest BCUT2D eigenvalue weighted by molar-refractivity contribution is 0.259. The van der Waals surface area contributed by atoms with Crippen molar-refractivity contribution in [3.8, 4) is 16.3 Å². The van der Waals surface area contributed by atoms with Gasteiger partial charge in [0.2, 0.25) is 0 Å². The average Bonchev–Trinajstić information content (AvgIpc) is 2.87. The molecule has 0 aliphatic heterocycles. The van der Waals surface area contributed by atoms with Crippen LogP contribution in [0.1, 0.15) is 0 Å². The van der Waals surface area contributed by atoms with Crippen molar-refractivity contribution < 1.29 is 9.90 Å². The van der Waals surface area contributed by atoms with E-state index in [9.17, 15) is 9.90 Å². The number of phenols is 1. The molecule has 0 radical (unpaired) electrons. The Morgan fingerprint density at radius 3 is 2.81 bits per heavy atom. The Balaban J connectivity index is 2.13. The fourth-order valence-electron chi connectivity index (χ4n) is 1.95. The molecular formula is C14H10ClN3O2S. The third-order valence-electron chi connectivity index (χ3n) is 2.86. The number of urea groups is 1. The van der Waals surface area contributed by atoms with Gasteiger partial charge in [-0.3, -0.25) is 0 Å². The van der Waals surface area contributed by atoms with Crippen molar-refractivity contribution in [1.29, 1.82) is 0 Å². The average molecular weight is 320 g/mol. The van der Waals surface area contributed by atoms with Crippen molar-refractivity contribution in [2.24, 2.45) is 5.73 Å². The third-order valence-corrected chi connectivity index (χ3v) is 4.24. The van der Waals surface area contributed by atoms with Gasteiger partial charge in [0, 0.05) is 5.56 Å². The van der Waals surface area contributed by atoms with Gasteiger partial charge in [-0.1, -0.05) is 23.7 Å². The summed E-state index contributed by atoms with van der Waals surface area (Å²) in [6.45, 7) is 0. The summed E-state index contributed by atoms with van der Waals surface area (Å²) in [5.41, 5.74) is 6.81. The van der Waals surface area contributed by atoms with Crippen molar-refractivity contribution in [3.05, 3.63) is 41.4 Å². The molecule has 106 valence electrons. The SMILES string of the molecule is NC(=O)Nc1cc(-c2nc3ccccc3s2)cc(Cl)c1O. The topological polar surface area (TPSA) is 88.2 Å². The summed E-state index contributed by atoms with van der Waals surface area (Å²) in [7, 11) is 0. The molecule has 2 aromatic carbocycles. The zero-order valence-electron chi connectivity index (χ0n) is 10.6. The van der Waals surface area contributed by atoms with Crippen molar-refractivity contribution in [2.75, 3.05) is 5.32 Å². The number of fused-ring (bicyclic) bond motifs is 1. The zero-order chi connectivity index (χ0) is 15.0. The Hall–Kier alpha value is -2.31. The number of aromatic nitrogens is 1. The number of hydrogen-bond acceptors (Lipinski definition) is 4. The van der Waals surface area contributed by atoms with Crippen LogP contribution in [0.4, 0.5) is 10.5 Å². The van der Waals surface area contributed by atoms with Crippen LogP contribution < -0.4 is 11.1 Å². The van der Waals surface area contributed by atoms with E-state index in [1.165, 1.54) is 11.3 Å². The highest BCUT2D eigenvalue weighted by Gasteiger charge is 2.13. The number of phenolic OH excluding ortho intramolecular Hbond substituents is 1. The second-order valence-corrected chi connectivity index (χ2v) is 5.77. The summed E-state index contributed by atoms with van der Waals surface area (Å²) >= 11 is 7.48. The van der Waals surface area contributed by atoms with E-state index in [4.69, 9.17) is 17.3 Å². The first-order valence-electron chi connectivity index (χ1n) is 5.99. The number of carbonyl (C=O) groups excluding carboxylic acids is 1. The van der Waals surface area contributed by atoms with Crippen LogP contribution in [-0.4, -0.2) is 16.1 Å². The minimum atomic E-state index is -0.775. The quantitative estimate of drug-likeness (QED) is 0.627. The largest absolute Gasteiger partial charge is 0.504 e. The number of hydrogen-bond donors (Lipinski definition) is 3. The first-order valence-corrected chi connectivity index (χ1v) is 7.19. The van der Waals surface area contributed by atoms with Gasteiger partial charge in [0.25, 0.3) is 0 Å². The van der Waals surface area contributed by atoms with Gasteiger partial charge in [0.05, 0.1) is 20.9 Å². The van der Waals surface area contributed by atoms with Gasteiger partial charge >= 0.3 is 6.03 Å². The lowest BCUT2D eigenvalue weighted by Crippen LogP contribution is -2.19. The highest BCUT2D eigenvalue weighted by molar-refractivity contribution is 7.21. The number of nitrogens with two attached hydrogens (primary N) is 1. The first-order chi connectivity index (χ1) is 10.0. The molecule has 0 bridgehead atoms. The minimum absolute atomic E-state index is 0.121. The van der Waals surface area contributed by atoms with Crippen LogP contribution in [0.3, 0.4) is 0 Å². The van der Waals surface area contributed by atoms with Gasteiger partial charge in [-0.05, 0) is 24.3 Å². The summed E-state index contributed by atoms with van der Waals surface area (Å²) in [5, 5.41) is 13.0. The number of benzene rings is 2. The first kappa shape index (κ1) is 13.7. The number of aromatic hydroxyl groups is 1. The van der Waals surface area contributed by atoms with Gasteiger partial charge < -0.3 is 16.2 Å². The smallest absolute Gasteiger partial charge is 0.316 e. The molecular weight excluding hydrogens is 310 g/mol. The Bertz CT molecular complexity index is 814. The number of amides is 2. The van der Waals surface area contributed by atoms with Crippen LogP contribution in [0.15, 0.2) is 36.4 Å². The van der Waals surface area contributed by atoms with Gasteiger partial charge in [0.15, 0.2) is 5.75 Å². The summed E-state index contributed by atoms with van der Waals surface area (Å²) < 4.78 is 1.04. The molecule has 0 unspecified atom stereocenters. The van der Waals surface area contributed by atoms with Crippen LogP contribution in [0, 0.1) is 0 Å². The molecule has 0 saturated carbocycles. The fraction of sp³-hybridized carbons (Fsp3) is 0. The summed E-state index contributed by atoms with van der Waals surface area (Å²) in [5.74, 6) is -0.222. The van der Waals surface area contributed by atoms with Crippen molar-refractivity contribution >= 4 is 44.9 Å². The molecule has 3 aromatic rings. The second-order valence-electron chi connectivity index (χ2n) is 4.33. The monoisotopic (exact) mass is 319 g/mol. The summed E-state index contributed by atoms with van der Waals surface area (Å²) in [4.78, 5) is 15.5. The van der Waals surface area contributed by atoms with E-state index >= 15 is 0 Å². The molecule has 7 heteroatoms. The standard InChI is InChI=1S/C14H10ClN3O2S/c15-8-5-7(6-10(12(8)19)18-14(16)20)13-17-9-3-1-2-4-11(9)21-13/h1-6,19H,(H3,16,18,20). The van der Waals surface area contributed by atoms with Crippen LogP contribution in [0.2, 0.25) is 5.02 Å². The molecule has 5 nitrogen and oxygen atoms in total. The van der Waals surface area contributed by atoms with Crippen molar-refractivity contribution in [2.45, 2.75) is 0 Å². The summed E-state index contributed by atoms with van der Waals surface area (Å²) in [6, 6.07) is 10.2. The number of halogens is 1. The normalized spacial score (nSPS) is 10.7. The van der Waals surface area contributed by atoms with Crippen molar-refractivity contribution in [1.82, 2.24) is 4.98 Å². The third kappa shape index (κ3) is 2.63. The van der Waals surface area contributed by atoms with Gasteiger partial charge in [-0.2, -0.15) is 0 Å². The van der Waals surface area contributed by atoms with Crippen LogP contribution in [-0.2, 0) is 0 Å². The molecule has 0 aliphatic rings. The molecule has 0 atom stereocenters. The van der Waals surface area contributed by atoms with Crippen LogP contribution in [0.5, 0.6) is 5.75 Å². The van der Waals surface area contributed by atoms with E-state index in [0.717, 1.165) is 15.2 Å². The maximum Gasteiger partial charge on any atom is 0.316 e. The van der Waals surface area contributed by atoms with E-state index < -0.39 is 6.03 Å². The minimum Gasteiger partial charge on any atom is -0.504 e. The number of anilines is 1. The number of primary amides is 1. The Kier molecular flexibility index (Phi) is 3.40. The molecule has 2 amide bonds. The van der Waals surface area contributed by atoms with E-state index in [0.29, 0.717) is 5.56 Å². The molecule has 0 fully saturated rings. The Labute approximate surface area is 129 Å². The van der Waals surface area contributed by atoms with Crippen molar-refractivity contribution in [3.63, 3.8) is 0 Å². The van der Waals surface area contributed by atoms with Gasteiger partial charge in [0.1, 0.15) is 5.01 Å². The maximum atomic E-state index is 11.0. The number of rotatable bonds is 2. The predicted octanol–water partition coefficient (Wildman–Crippen LogP) is 3.81. The summed E-state index contributed by atoms with van der Waals surface area (Å²) in [6.07, 6.45) is 0. The Morgan fingerprint density at radius 1 is 1.33 bits per heavy atom. The molecule has 1 aromatic heterocycles. The number of para-hydroxylation sites is 1. The molecule has 0 aliphatic carbocycles. The van der Waals surface area contributed by atoms with Gasteiger partial charge in [-0.25, -0.2) is 9.78 Å². The number of nitrogens with one attached hydrogen (secondary N) is 1. The molecule has 0 spiro atoms. The number of thiazole rings is 1. The molecule has 3 rings (SSSR count). The van der Waals surface area contributed by atoms with E-state index in [-0.39, 0.29) is 16.5 Å².